The summed E-state index contributed by atoms with van der Waals surface area (Å²) in [6.45, 7) is 9.10. The number of allylic oxidation sites excluding steroid dienone is 6. The van der Waals surface area contributed by atoms with Crippen LogP contribution in [-0.4, -0.2) is 62.7 Å². The van der Waals surface area contributed by atoms with E-state index in [1.54, 1.807) is 58.9 Å². The fraction of sp³-hybridized carbons (Fsp3) is 0.190. The number of carbonyl (C=O) groups excluding carboxylic acids is 6. The Bertz CT molecular complexity index is 2530. The van der Waals surface area contributed by atoms with Gasteiger partial charge in [0, 0.05) is 55.7 Å². The first-order valence-corrected chi connectivity index (χ1v) is 16.8. The highest BCUT2D eigenvalue weighted by molar-refractivity contribution is 6.41. The van der Waals surface area contributed by atoms with Crippen LogP contribution in [0.4, 0.5) is 0 Å². The lowest BCUT2D eigenvalue weighted by Gasteiger charge is -2.32. The van der Waals surface area contributed by atoms with E-state index in [4.69, 9.17) is 14.2 Å². The molecule has 0 atom stereocenters. The molecule has 0 unspecified atom stereocenters. The average molecular weight is 711 g/mol. The van der Waals surface area contributed by atoms with E-state index in [1.807, 2.05) is 0 Å². The summed E-state index contributed by atoms with van der Waals surface area (Å²) in [5, 5.41) is 23.2. The van der Waals surface area contributed by atoms with Gasteiger partial charge in [0.2, 0.25) is 11.6 Å². The molecule has 2 N–H and O–H groups in total. The van der Waals surface area contributed by atoms with Crippen LogP contribution in [0.25, 0.3) is 12.2 Å². The van der Waals surface area contributed by atoms with Gasteiger partial charge >= 0.3 is 0 Å². The number of benzene rings is 3. The molecular weight excluding hydrogens is 680 g/mol. The summed E-state index contributed by atoms with van der Waals surface area (Å²) in [6.07, 6.45) is 6.55. The van der Waals surface area contributed by atoms with E-state index < -0.39 is 79.7 Å². The molecule has 2 aliphatic heterocycles. The van der Waals surface area contributed by atoms with Gasteiger partial charge in [-0.1, -0.05) is 12.2 Å². The van der Waals surface area contributed by atoms with Crippen molar-refractivity contribution < 1.29 is 53.2 Å². The summed E-state index contributed by atoms with van der Waals surface area (Å²) in [5.74, 6) is -7.70. The molecule has 0 saturated heterocycles. The molecule has 3 aliphatic carbocycles. The third-order valence-electron chi connectivity index (χ3n) is 9.76. The fourth-order valence-corrected chi connectivity index (χ4v) is 7.33. The second-order valence-electron chi connectivity index (χ2n) is 14.2. The SMILES string of the molecule is CCOc1ccc2c(c1)C(=O)C(C1=C(O)C(=O)c3c(ccc4c3C=CC(C)(C)O4)C1=O)=C(C1=C(O)C(=O)c3c(ccc4c3C=CC(C)(C)O4)C1=O)C2=O. The highest BCUT2D eigenvalue weighted by atomic mass is 16.5. The van der Waals surface area contributed by atoms with Crippen LogP contribution in [0.5, 0.6) is 17.2 Å². The first kappa shape index (κ1) is 33.5. The monoisotopic (exact) mass is 710 g/mol. The summed E-state index contributed by atoms with van der Waals surface area (Å²) in [6, 6.07) is 9.57. The Labute approximate surface area is 302 Å². The molecule has 3 aromatic carbocycles. The van der Waals surface area contributed by atoms with E-state index in [1.165, 1.54) is 42.5 Å². The molecule has 53 heavy (non-hydrogen) atoms. The standard InChI is InChI=1S/C42H30O11/c1-6-51-18-7-8-19-24(17-18)36(46)30(32-35(45)23-10-12-26-21(14-16-42(4,5)53-26)28(23)38(48)40(32)50)29(33(19)43)31-34(44)22-9-11-25-20(13-15-41(2,3)52-25)27(22)37(47)39(31)49/h7-17,49-50H,6H2,1-5H3. The Morgan fingerprint density at radius 1 is 0.547 bits per heavy atom. The maximum Gasteiger partial charge on any atom is 0.229 e. The molecular formula is C42H30O11. The lowest BCUT2D eigenvalue weighted by atomic mass is 9.71. The number of aliphatic hydroxyl groups excluding tert-OH is 2. The van der Waals surface area contributed by atoms with Gasteiger partial charge in [0.15, 0.2) is 34.7 Å². The smallest absolute Gasteiger partial charge is 0.229 e. The van der Waals surface area contributed by atoms with Gasteiger partial charge in [-0.2, -0.15) is 0 Å². The van der Waals surface area contributed by atoms with Gasteiger partial charge in [0.05, 0.1) is 17.8 Å². The molecule has 0 saturated carbocycles. The predicted octanol–water partition coefficient (Wildman–Crippen LogP) is 6.91. The van der Waals surface area contributed by atoms with Gasteiger partial charge in [-0.15, -0.1) is 0 Å². The van der Waals surface area contributed by atoms with Gasteiger partial charge in [0.1, 0.15) is 28.5 Å². The number of aliphatic hydroxyl groups is 2. The van der Waals surface area contributed by atoms with Gasteiger partial charge in [0.25, 0.3) is 0 Å². The maximum atomic E-state index is 14.6. The molecule has 2 heterocycles. The van der Waals surface area contributed by atoms with Crippen LogP contribution in [0.2, 0.25) is 0 Å². The van der Waals surface area contributed by atoms with E-state index >= 15 is 0 Å². The van der Waals surface area contributed by atoms with Crippen LogP contribution in [0.1, 0.15) is 108 Å². The largest absolute Gasteiger partial charge is 0.504 e. The summed E-state index contributed by atoms with van der Waals surface area (Å²) in [5.41, 5.74) is -5.58. The van der Waals surface area contributed by atoms with E-state index in [0.717, 1.165) is 0 Å². The number of ether oxygens (including phenoxy) is 3. The van der Waals surface area contributed by atoms with Crippen molar-refractivity contribution in [3.63, 3.8) is 0 Å². The van der Waals surface area contributed by atoms with Crippen LogP contribution in [-0.2, 0) is 0 Å². The molecule has 0 bridgehead atoms. The van der Waals surface area contributed by atoms with Crippen molar-refractivity contribution in [2.75, 3.05) is 6.61 Å². The third-order valence-corrected chi connectivity index (χ3v) is 9.76. The Morgan fingerprint density at radius 2 is 0.962 bits per heavy atom. The van der Waals surface area contributed by atoms with Crippen LogP contribution < -0.4 is 14.2 Å². The van der Waals surface area contributed by atoms with E-state index in [0.29, 0.717) is 0 Å². The summed E-state index contributed by atoms with van der Waals surface area (Å²) < 4.78 is 17.5. The highest BCUT2D eigenvalue weighted by Gasteiger charge is 2.48. The number of carbonyl (C=O) groups is 6. The van der Waals surface area contributed by atoms with Gasteiger partial charge in [-0.3, -0.25) is 28.8 Å². The van der Waals surface area contributed by atoms with Crippen molar-refractivity contribution in [1.82, 2.24) is 0 Å². The topological polar surface area (TPSA) is 171 Å². The summed E-state index contributed by atoms with van der Waals surface area (Å²) in [7, 11) is 0. The molecule has 5 aliphatic rings. The fourth-order valence-electron chi connectivity index (χ4n) is 7.33. The van der Waals surface area contributed by atoms with Crippen molar-refractivity contribution >= 4 is 46.9 Å². The molecule has 264 valence electrons. The minimum atomic E-state index is -1.17. The normalized spacial score (nSPS) is 19.3. The summed E-state index contributed by atoms with van der Waals surface area (Å²) in [4.78, 5) is 86.2. The number of Topliss-reactive ketones (excluding diaryl/α,β-unsaturated/α-hetero) is 6. The second-order valence-corrected chi connectivity index (χ2v) is 14.2. The lowest BCUT2D eigenvalue weighted by molar-refractivity contribution is 0.0911. The van der Waals surface area contributed by atoms with Crippen molar-refractivity contribution in [3.05, 3.63) is 133 Å². The van der Waals surface area contributed by atoms with Crippen molar-refractivity contribution in [2.24, 2.45) is 0 Å². The Balaban J connectivity index is 1.38. The molecule has 11 nitrogen and oxygen atoms in total. The number of rotatable bonds is 4. The molecule has 0 radical (unpaired) electrons. The van der Waals surface area contributed by atoms with E-state index in [9.17, 15) is 39.0 Å². The molecule has 3 aromatic rings. The minimum absolute atomic E-state index is 0.179. The zero-order valence-electron chi connectivity index (χ0n) is 29.1. The van der Waals surface area contributed by atoms with E-state index in [-0.39, 0.29) is 68.4 Å². The molecule has 0 amide bonds. The maximum absolute atomic E-state index is 14.6. The van der Waals surface area contributed by atoms with Crippen LogP contribution in [0.15, 0.2) is 88.4 Å². The zero-order chi connectivity index (χ0) is 37.9. The molecule has 0 fully saturated rings. The van der Waals surface area contributed by atoms with E-state index in [2.05, 4.69) is 0 Å². The van der Waals surface area contributed by atoms with Gasteiger partial charge in [-0.05, 0) is 89.2 Å². The van der Waals surface area contributed by atoms with Crippen molar-refractivity contribution in [2.45, 2.75) is 45.8 Å². The highest BCUT2D eigenvalue weighted by Crippen LogP contribution is 2.46. The van der Waals surface area contributed by atoms with Gasteiger partial charge < -0.3 is 24.4 Å². The Morgan fingerprint density at radius 3 is 1.42 bits per heavy atom. The minimum Gasteiger partial charge on any atom is -0.504 e. The van der Waals surface area contributed by atoms with Crippen LogP contribution >= 0.6 is 0 Å². The molecule has 0 spiro atoms. The lowest BCUT2D eigenvalue weighted by Crippen LogP contribution is -2.35. The van der Waals surface area contributed by atoms with Crippen molar-refractivity contribution in [1.29, 1.82) is 0 Å². The number of hydrogen-bond donors (Lipinski definition) is 2. The average Bonchev–Trinajstić information content (AvgIpc) is 3.11. The van der Waals surface area contributed by atoms with Crippen LogP contribution in [0.3, 0.4) is 0 Å². The van der Waals surface area contributed by atoms with Crippen LogP contribution in [0, 0.1) is 0 Å². The summed E-state index contributed by atoms with van der Waals surface area (Å²) >= 11 is 0. The predicted molar refractivity (Wildman–Crippen MR) is 190 cm³/mol. The Kier molecular flexibility index (Phi) is 7.08. The molecule has 11 heteroatoms. The third kappa shape index (κ3) is 4.80. The quantitative estimate of drug-likeness (QED) is 0.288. The first-order chi connectivity index (χ1) is 25.0. The number of fused-ring (bicyclic) bond motifs is 7. The Hall–Kier alpha value is -6.62. The molecule has 8 rings (SSSR count). The number of hydrogen-bond acceptors (Lipinski definition) is 11. The first-order valence-electron chi connectivity index (χ1n) is 16.8. The second kappa shape index (κ2) is 11.2. The molecule has 0 aromatic heterocycles. The van der Waals surface area contributed by atoms with Crippen molar-refractivity contribution in [3.8, 4) is 17.2 Å². The zero-order valence-corrected chi connectivity index (χ0v) is 29.1. The van der Waals surface area contributed by atoms with Gasteiger partial charge in [-0.25, -0.2) is 0 Å². The number of ketones is 6.